The predicted octanol–water partition coefficient (Wildman–Crippen LogP) is 3.54. The van der Waals surface area contributed by atoms with Crippen LogP contribution >= 0.6 is 0 Å². The third-order valence-corrected chi connectivity index (χ3v) is 4.67. The summed E-state index contributed by atoms with van der Waals surface area (Å²) in [6.45, 7) is 1.07. The van der Waals surface area contributed by atoms with Crippen molar-refractivity contribution >= 4 is 11.7 Å². The highest BCUT2D eigenvalue weighted by molar-refractivity contribution is 5.88. The number of carbonyl (C=O) groups is 1. The van der Waals surface area contributed by atoms with Crippen LogP contribution in [-0.4, -0.2) is 23.7 Å². The Bertz CT molecular complexity index is 466. The smallest absolute Gasteiger partial charge is 0.335 e. The summed E-state index contributed by atoms with van der Waals surface area (Å²) in [6, 6.07) is 8.05. The molecule has 3 heteroatoms. The summed E-state index contributed by atoms with van der Waals surface area (Å²) in [5.41, 5.74) is 1.49. The number of carboxylic acid groups (broad SMARTS) is 1. The molecule has 3 rings (SSSR count). The topological polar surface area (TPSA) is 40.5 Å². The quantitative estimate of drug-likeness (QED) is 0.902. The lowest BCUT2D eigenvalue weighted by Gasteiger charge is -2.31. The van der Waals surface area contributed by atoms with E-state index in [4.69, 9.17) is 5.11 Å². The molecule has 3 nitrogen and oxygen atoms in total. The minimum absolute atomic E-state index is 0.398. The molecule has 1 N–H and O–H groups in total. The number of nitrogens with zero attached hydrogens (tertiary/aromatic N) is 1. The number of hydrogen-bond donors (Lipinski definition) is 1. The maximum absolute atomic E-state index is 11.1. The van der Waals surface area contributed by atoms with E-state index in [2.05, 4.69) is 11.0 Å². The lowest BCUT2D eigenvalue weighted by Crippen LogP contribution is -2.34. The Balaban J connectivity index is 1.83. The Morgan fingerprint density at radius 1 is 1.16 bits per heavy atom. The van der Waals surface area contributed by atoms with Crippen molar-refractivity contribution in [2.75, 3.05) is 11.4 Å². The molecule has 1 aromatic rings. The summed E-state index contributed by atoms with van der Waals surface area (Å²) < 4.78 is 0. The zero-order chi connectivity index (χ0) is 13.2. The first kappa shape index (κ1) is 12.5. The fourth-order valence-electron chi connectivity index (χ4n) is 3.76. The lowest BCUT2D eigenvalue weighted by atomic mass is 9.95. The first-order valence-electron chi connectivity index (χ1n) is 7.36. The van der Waals surface area contributed by atoms with Gasteiger partial charge in [-0.15, -0.1) is 0 Å². The molecule has 2 aliphatic rings. The van der Waals surface area contributed by atoms with Crippen LogP contribution in [0.5, 0.6) is 0 Å². The fraction of sp³-hybridized carbons (Fsp3) is 0.562. The van der Waals surface area contributed by atoms with Crippen molar-refractivity contribution in [3.8, 4) is 0 Å². The molecule has 2 fully saturated rings. The molecule has 1 atom stereocenters. The molecule has 0 aromatic heterocycles. The van der Waals surface area contributed by atoms with Gasteiger partial charge in [0.1, 0.15) is 0 Å². The van der Waals surface area contributed by atoms with Gasteiger partial charge in [0.2, 0.25) is 0 Å². The van der Waals surface area contributed by atoms with Gasteiger partial charge in [-0.3, -0.25) is 0 Å². The highest BCUT2D eigenvalue weighted by atomic mass is 16.4. The van der Waals surface area contributed by atoms with Gasteiger partial charge in [-0.05, 0) is 49.8 Å². The molecule has 1 saturated heterocycles. The third kappa shape index (κ3) is 2.46. The number of anilines is 1. The van der Waals surface area contributed by atoms with Crippen molar-refractivity contribution in [1.82, 2.24) is 0 Å². The van der Waals surface area contributed by atoms with Crippen LogP contribution in [-0.2, 0) is 0 Å². The molecule has 0 bridgehead atoms. The Morgan fingerprint density at radius 2 is 1.95 bits per heavy atom. The number of benzene rings is 1. The van der Waals surface area contributed by atoms with E-state index in [0.717, 1.165) is 18.2 Å². The average molecular weight is 259 g/mol. The van der Waals surface area contributed by atoms with E-state index in [0.29, 0.717) is 11.6 Å². The zero-order valence-electron chi connectivity index (χ0n) is 11.2. The second-order valence-corrected chi connectivity index (χ2v) is 5.80. The molecule has 1 heterocycles. The van der Waals surface area contributed by atoms with Crippen LogP contribution < -0.4 is 4.90 Å². The van der Waals surface area contributed by atoms with Crippen molar-refractivity contribution in [2.45, 2.75) is 44.6 Å². The van der Waals surface area contributed by atoms with Crippen LogP contribution in [0.15, 0.2) is 24.3 Å². The summed E-state index contributed by atoms with van der Waals surface area (Å²) in [4.78, 5) is 13.5. The van der Waals surface area contributed by atoms with Gasteiger partial charge in [-0.25, -0.2) is 4.79 Å². The van der Waals surface area contributed by atoms with E-state index >= 15 is 0 Å². The normalized spacial score (nSPS) is 24.0. The maximum Gasteiger partial charge on any atom is 0.335 e. The summed E-state index contributed by atoms with van der Waals surface area (Å²) in [5, 5.41) is 9.11. The van der Waals surface area contributed by atoms with Gasteiger partial charge in [-0.1, -0.05) is 18.9 Å². The van der Waals surface area contributed by atoms with Crippen LogP contribution in [0.2, 0.25) is 0 Å². The standard InChI is InChI=1S/C16H21NO2/c18-16(19)13-7-3-8-14(11-13)17-10-4-9-15(17)12-5-1-2-6-12/h3,7-8,11-12,15H,1-2,4-6,9-10H2,(H,18,19). The van der Waals surface area contributed by atoms with Gasteiger partial charge < -0.3 is 10.0 Å². The zero-order valence-corrected chi connectivity index (χ0v) is 11.2. The summed E-state index contributed by atoms with van der Waals surface area (Å²) in [5.74, 6) is -0.0190. The van der Waals surface area contributed by atoms with Crippen LogP contribution in [0, 0.1) is 5.92 Å². The van der Waals surface area contributed by atoms with Crippen molar-refractivity contribution in [3.05, 3.63) is 29.8 Å². The largest absolute Gasteiger partial charge is 0.478 e. The molecule has 102 valence electrons. The van der Waals surface area contributed by atoms with Crippen molar-refractivity contribution in [1.29, 1.82) is 0 Å². The molecule has 1 aliphatic heterocycles. The van der Waals surface area contributed by atoms with Crippen LogP contribution in [0.3, 0.4) is 0 Å². The average Bonchev–Trinajstić information content (AvgIpc) is 3.09. The maximum atomic E-state index is 11.1. The third-order valence-electron chi connectivity index (χ3n) is 4.67. The second kappa shape index (κ2) is 5.24. The van der Waals surface area contributed by atoms with Crippen molar-refractivity contribution in [2.24, 2.45) is 5.92 Å². The molecular formula is C16H21NO2. The lowest BCUT2D eigenvalue weighted by molar-refractivity contribution is 0.0697. The number of rotatable bonds is 3. The minimum Gasteiger partial charge on any atom is -0.478 e. The van der Waals surface area contributed by atoms with E-state index in [9.17, 15) is 4.79 Å². The predicted molar refractivity (Wildman–Crippen MR) is 75.7 cm³/mol. The molecule has 0 amide bonds. The number of carboxylic acids is 1. The van der Waals surface area contributed by atoms with Gasteiger partial charge in [0.15, 0.2) is 0 Å². The molecule has 1 aromatic carbocycles. The van der Waals surface area contributed by atoms with Crippen LogP contribution in [0.25, 0.3) is 0 Å². The summed E-state index contributed by atoms with van der Waals surface area (Å²) in [6.07, 6.45) is 7.92. The van der Waals surface area contributed by atoms with Gasteiger partial charge in [0, 0.05) is 18.3 Å². The Morgan fingerprint density at radius 3 is 2.68 bits per heavy atom. The molecule has 1 saturated carbocycles. The SMILES string of the molecule is O=C(O)c1cccc(N2CCCC2C2CCCC2)c1. The summed E-state index contributed by atoms with van der Waals surface area (Å²) >= 11 is 0. The Labute approximate surface area is 114 Å². The Hall–Kier alpha value is -1.51. The van der Waals surface area contributed by atoms with E-state index in [1.165, 1.54) is 38.5 Å². The van der Waals surface area contributed by atoms with E-state index in [1.807, 2.05) is 12.1 Å². The molecule has 19 heavy (non-hydrogen) atoms. The highest BCUT2D eigenvalue weighted by Crippen LogP contribution is 2.37. The molecule has 1 aliphatic carbocycles. The van der Waals surface area contributed by atoms with Gasteiger partial charge >= 0.3 is 5.97 Å². The molecule has 0 radical (unpaired) electrons. The van der Waals surface area contributed by atoms with Crippen molar-refractivity contribution in [3.63, 3.8) is 0 Å². The first-order valence-corrected chi connectivity index (χ1v) is 7.36. The van der Waals surface area contributed by atoms with Crippen molar-refractivity contribution < 1.29 is 9.90 Å². The van der Waals surface area contributed by atoms with E-state index in [-0.39, 0.29) is 0 Å². The van der Waals surface area contributed by atoms with Crippen LogP contribution in [0.4, 0.5) is 5.69 Å². The van der Waals surface area contributed by atoms with Gasteiger partial charge in [0.05, 0.1) is 5.56 Å². The molecule has 0 spiro atoms. The summed E-state index contributed by atoms with van der Waals surface area (Å²) in [7, 11) is 0. The number of aromatic carboxylic acids is 1. The molecule has 1 unspecified atom stereocenters. The molecular weight excluding hydrogens is 238 g/mol. The second-order valence-electron chi connectivity index (χ2n) is 5.80. The number of hydrogen-bond acceptors (Lipinski definition) is 2. The Kier molecular flexibility index (Phi) is 3.45. The van der Waals surface area contributed by atoms with E-state index in [1.54, 1.807) is 6.07 Å². The van der Waals surface area contributed by atoms with Crippen LogP contribution in [0.1, 0.15) is 48.9 Å². The van der Waals surface area contributed by atoms with E-state index < -0.39 is 5.97 Å². The van der Waals surface area contributed by atoms with Gasteiger partial charge in [0.25, 0.3) is 0 Å². The monoisotopic (exact) mass is 259 g/mol. The highest BCUT2D eigenvalue weighted by Gasteiger charge is 2.33. The minimum atomic E-state index is -0.835. The van der Waals surface area contributed by atoms with Gasteiger partial charge in [-0.2, -0.15) is 0 Å². The fourth-order valence-corrected chi connectivity index (χ4v) is 3.76. The first-order chi connectivity index (χ1) is 9.25.